The Balaban J connectivity index is 1.99. The third-order valence-corrected chi connectivity index (χ3v) is 3.39. The van der Waals surface area contributed by atoms with Gasteiger partial charge in [0.25, 0.3) is 0 Å². The lowest BCUT2D eigenvalue weighted by atomic mass is 10.1. The molecule has 0 atom stereocenters. The average Bonchev–Trinajstić information content (AvgIpc) is 2.46. The first kappa shape index (κ1) is 13.7. The van der Waals surface area contributed by atoms with Crippen molar-refractivity contribution in [2.24, 2.45) is 0 Å². The number of pyridine rings is 1. The van der Waals surface area contributed by atoms with Gasteiger partial charge >= 0.3 is 0 Å². The maximum absolute atomic E-state index is 13.5. The Bertz CT molecular complexity index is 843. The van der Waals surface area contributed by atoms with Gasteiger partial charge in [0, 0.05) is 17.0 Å². The molecule has 0 aliphatic carbocycles. The predicted octanol–water partition coefficient (Wildman–Crippen LogP) is 5.34. The molecule has 0 aliphatic rings. The van der Waals surface area contributed by atoms with Crippen LogP contribution in [0, 0.1) is 11.6 Å². The molecule has 0 aliphatic heterocycles. The van der Waals surface area contributed by atoms with Gasteiger partial charge in [0.2, 0.25) is 0 Å². The summed E-state index contributed by atoms with van der Waals surface area (Å²) >= 11 is 6.20. The van der Waals surface area contributed by atoms with Crippen molar-refractivity contribution in [2.75, 3.05) is 0 Å². The number of halogens is 3. The molecule has 0 bridgehead atoms. The third-order valence-electron chi connectivity index (χ3n) is 3.08. The maximum atomic E-state index is 13.5. The lowest BCUT2D eigenvalue weighted by Crippen LogP contribution is -1.86. The first-order valence-electron chi connectivity index (χ1n) is 6.32. The zero-order chi connectivity index (χ0) is 14.8. The van der Waals surface area contributed by atoms with Gasteiger partial charge in [0.05, 0.1) is 16.2 Å². The van der Waals surface area contributed by atoms with Crippen LogP contribution in [-0.4, -0.2) is 4.98 Å². The number of hydrogen-bond donors (Lipinski definition) is 0. The second kappa shape index (κ2) is 5.62. The van der Waals surface area contributed by atoms with Crippen molar-refractivity contribution in [3.8, 4) is 0 Å². The minimum atomic E-state index is -0.613. The lowest BCUT2D eigenvalue weighted by molar-refractivity contribution is 0.581. The van der Waals surface area contributed by atoms with Crippen molar-refractivity contribution in [1.29, 1.82) is 0 Å². The molecule has 0 amide bonds. The summed E-state index contributed by atoms with van der Waals surface area (Å²) in [5, 5.41) is 1.45. The van der Waals surface area contributed by atoms with Gasteiger partial charge in [0.1, 0.15) is 11.6 Å². The van der Waals surface area contributed by atoms with E-state index in [0.29, 0.717) is 16.3 Å². The summed E-state index contributed by atoms with van der Waals surface area (Å²) in [7, 11) is 0. The van der Waals surface area contributed by atoms with E-state index in [1.165, 1.54) is 12.1 Å². The summed E-state index contributed by atoms with van der Waals surface area (Å²) < 4.78 is 26.4. The van der Waals surface area contributed by atoms with Crippen molar-refractivity contribution >= 4 is 34.7 Å². The van der Waals surface area contributed by atoms with Crippen LogP contribution < -0.4 is 0 Å². The molecule has 0 fully saturated rings. The van der Waals surface area contributed by atoms with Gasteiger partial charge in [-0.2, -0.15) is 0 Å². The van der Waals surface area contributed by atoms with Gasteiger partial charge in [-0.1, -0.05) is 29.8 Å². The Morgan fingerprint density at radius 2 is 1.76 bits per heavy atom. The number of fused-ring (bicyclic) bond motifs is 1. The van der Waals surface area contributed by atoms with Crippen molar-refractivity contribution in [3.63, 3.8) is 0 Å². The van der Waals surface area contributed by atoms with Gasteiger partial charge in [-0.15, -0.1) is 0 Å². The number of rotatable bonds is 2. The van der Waals surface area contributed by atoms with E-state index in [2.05, 4.69) is 4.98 Å². The first-order chi connectivity index (χ1) is 10.1. The molecule has 3 rings (SSSR count). The van der Waals surface area contributed by atoms with Crippen LogP contribution in [0.25, 0.3) is 23.1 Å². The molecule has 0 saturated heterocycles. The van der Waals surface area contributed by atoms with Crippen LogP contribution >= 0.6 is 11.6 Å². The molecule has 4 heteroatoms. The second-order valence-corrected chi connectivity index (χ2v) is 4.95. The minimum absolute atomic E-state index is 0.294. The van der Waals surface area contributed by atoms with E-state index in [0.717, 1.165) is 17.0 Å². The van der Waals surface area contributed by atoms with E-state index in [9.17, 15) is 8.78 Å². The maximum Gasteiger partial charge on any atom is 0.133 e. The second-order valence-electron chi connectivity index (χ2n) is 4.55. The zero-order valence-electron chi connectivity index (χ0n) is 10.9. The number of nitrogens with zero attached hydrogens (tertiary/aromatic N) is 1. The molecular weight excluding hydrogens is 292 g/mol. The topological polar surface area (TPSA) is 12.9 Å². The molecule has 1 heterocycles. The molecule has 1 aromatic heterocycles. The number of para-hydroxylation sites is 1. The van der Waals surface area contributed by atoms with Gasteiger partial charge in [-0.05, 0) is 36.4 Å². The van der Waals surface area contributed by atoms with Gasteiger partial charge < -0.3 is 0 Å². The summed E-state index contributed by atoms with van der Waals surface area (Å²) in [6.45, 7) is 0. The van der Waals surface area contributed by atoms with E-state index in [1.54, 1.807) is 18.2 Å². The van der Waals surface area contributed by atoms with Crippen LogP contribution in [0.1, 0.15) is 11.3 Å². The molecule has 0 unspecified atom stereocenters. The summed E-state index contributed by atoms with van der Waals surface area (Å²) in [4.78, 5) is 4.43. The monoisotopic (exact) mass is 301 g/mol. The number of hydrogen-bond acceptors (Lipinski definition) is 1. The Labute approximate surface area is 125 Å². The molecule has 21 heavy (non-hydrogen) atoms. The number of aromatic nitrogens is 1. The molecule has 0 spiro atoms. The molecule has 3 aromatic rings. The van der Waals surface area contributed by atoms with Gasteiger partial charge in [0.15, 0.2) is 0 Å². The third kappa shape index (κ3) is 2.93. The Hall–Kier alpha value is -2.26. The molecular formula is C17H10ClF2N. The fourth-order valence-corrected chi connectivity index (χ4v) is 2.32. The highest BCUT2D eigenvalue weighted by atomic mass is 35.5. The van der Waals surface area contributed by atoms with Crippen LogP contribution in [-0.2, 0) is 0 Å². The largest absolute Gasteiger partial charge is 0.248 e. The summed E-state index contributed by atoms with van der Waals surface area (Å²) in [5.41, 5.74) is 1.68. The molecule has 104 valence electrons. The standard InChI is InChI=1S/C17H10ClF2N/c18-15-10-13(21-17-4-2-1-3-14(15)17)8-6-11-5-7-12(19)9-16(11)20/h1-10H/b8-6+. The average molecular weight is 302 g/mol. The highest BCUT2D eigenvalue weighted by Gasteiger charge is 2.03. The summed E-state index contributed by atoms with van der Waals surface area (Å²) in [6.07, 6.45) is 3.19. The smallest absolute Gasteiger partial charge is 0.133 e. The van der Waals surface area contributed by atoms with Crippen LogP contribution in [0.4, 0.5) is 8.78 Å². The Morgan fingerprint density at radius 3 is 2.57 bits per heavy atom. The molecule has 1 nitrogen and oxygen atoms in total. The SMILES string of the molecule is Fc1ccc(/C=C/c2cc(Cl)c3ccccc3n2)c(F)c1. The molecule has 0 saturated carbocycles. The van der Waals surface area contributed by atoms with Crippen LogP contribution in [0.15, 0.2) is 48.5 Å². The van der Waals surface area contributed by atoms with Crippen molar-refractivity contribution in [3.05, 3.63) is 76.4 Å². The van der Waals surface area contributed by atoms with E-state index < -0.39 is 11.6 Å². The molecule has 2 aromatic carbocycles. The highest BCUT2D eigenvalue weighted by molar-refractivity contribution is 6.35. The van der Waals surface area contributed by atoms with Crippen LogP contribution in [0.2, 0.25) is 5.02 Å². The summed E-state index contributed by atoms with van der Waals surface area (Å²) in [6, 6.07) is 12.7. The minimum Gasteiger partial charge on any atom is -0.248 e. The fraction of sp³-hybridized carbons (Fsp3) is 0. The number of benzene rings is 2. The quantitative estimate of drug-likeness (QED) is 0.623. The van der Waals surface area contributed by atoms with Crippen molar-refractivity contribution in [1.82, 2.24) is 4.98 Å². The first-order valence-corrected chi connectivity index (χ1v) is 6.70. The van der Waals surface area contributed by atoms with E-state index in [4.69, 9.17) is 11.6 Å². The van der Waals surface area contributed by atoms with Gasteiger partial charge in [-0.3, -0.25) is 0 Å². The van der Waals surface area contributed by atoms with Gasteiger partial charge in [-0.25, -0.2) is 13.8 Å². The molecule has 0 radical (unpaired) electrons. The highest BCUT2D eigenvalue weighted by Crippen LogP contribution is 2.23. The van der Waals surface area contributed by atoms with Crippen molar-refractivity contribution < 1.29 is 8.78 Å². The normalized spacial score (nSPS) is 11.4. The van der Waals surface area contributed by atoms with Crippen molar-refractivity contribution in [2.45, 2.75) is 0 Å². The Morgan fingerprint density at radius 1 is 0.952 bits per heavy atom. The predicted molar refractivity (Wildman–Crippen MR) is 82.0 cm³/mol. The Kier molecular flexibility index (Phi) is 3.67. The van der Waals surface area contributed by atoms with E-state index >= 15 is 0 Å². The zero-order valence-corrected chi connectivity index (χ0v) is 11.6. The van der Waals surface area contributed by atoms with Crippen LogP contribution in [0.3, 0.4) is 0 Å². The lowest BCUT2D eigenvalue weighted by Gasteiger charge is -2.02. The fourth-order valence-electron chi connectivity index (χ4n) is 2.05. The van der Waals surface area contributed by atoms with Crippen LogP contribution in [0.5, 0.6) is 0 Å². The van der Waals surface area contributed by atoms with E-state index in [1.807, 2.05) is 24.3 Å². The molecule has 0 N–H and O–H groups in total. The van der Waals surface area contributed by atoms with E-state index in [-0.39, 0.29) is 0 Å². The summed E-state index contributed by atoms with van der Waals surface area (Å²) in [5.74, 6) is -1.21.